The van der Waals surface area contributed by atoms with E-state index in [4.69, 9.17) is 15.7 Å². The Labute approximate surface area is 333 Å². The van der Waals surface area contributed by atoms with Gasteiger partial charge < -0.3 is 5.73 Å². The van der Waals surface area contributed by atoms with Crippen LogP contribution in [0, 0.1) is 3.57 Å². The van der Waals surface area contributed by atoms with Crippen LogP contribution in [-0.2, 0) is 0 Å². The Hall–Kier alpha value is -5.98. The highest BCUT2D eigenvalue weighted by molar-refractivity contribution is 14.2. The Morgan fingerprint density at radius 1 is 0.855 bits per heavy atom. The van der Waals surface area contributed by atoms with Gasteiger partial charge in [-0.05, 0) is 79.2 Å². The molecule has 3 nitrogen and oxygen atoms in total. The van der Waals surface area contributed by atoms with Crippen molar-refractivity contribution < 1.29 is 0 Å². The molecule has 0 spiro atoms. The number of hydrogen-bond acceptors (Lipinski definition) is 3. The zero-order chi connectivity index (χ0) is 37.7. The Balaban J connectivity index is 1.11. The summed E-state index contributed by atoms with van der Waals surface area (Å²) in [5.41, 5.74) is 19.5. The number of fused-ring (bicyclic) bond motifs is 4. The largest absolute Gasteiger partial charge is 0.398 e. The number of nitrogens with zero attached hydrogens (tertiary/aromatic N) is 2. The number of benzene rings is 5. The molecule has 0 amide bonds. The molecule has 268 valence electrons. The fourth-order valence-corrected chi connectivity index (χ4v) is 9.62. The van der Waals surface area contributed by atoms with Gasteiger partial charge in [0.25, 0.3) is 0 Å². The first-order valence-corrected chi connectivity index (χ1v) is 21.0. The highest BCUT2D eigenvalue weighted by atomic mass is 127. The third-order valence-corrected chi connectivity index (χ3v) is 12.9. The average Bonchev–Trinajstić information content (AvgIpc) is 3.25. The van der Waals surface area contributed by atoms with Gasteiger partial charge in [0.1, 0.15) is 0 Å². The number of halogens is 1. The first-order valence-electron chi connectivity index (χ1n) is 18.6. The van der Waals surface area contributed by atoms with E-state index >= 15 is 0 Å². The summed E-state index contributed by atoms with van der Waals surface area (Å²) in [4.78, 5) is 10.5. The minimum absolute atomic E-state index is 0.124. The molecule has 2 atom stereocenters. The summed E-state index contributed by atoms with van der Waals surface area (Å²) < 4.78 is 3.72. The van der Waals surface area contributed by atoms with Gasteiger partial charge in [-0.15, -0.1) is 0 Å². The molecule has 4 heteroatoms. The van der Waals surface area contributed by atoms with Gasteiger partial charge >= 0.3 is 0 Å². The Morgan fingerprint density at radius 3 is 2.35 bits per heavy atom. The van der Waals surface area contributed by atoms with Crippen LogP contribution in [0.5, 0.6) is 0 Å². The number of aromatic nitrogens is 1. The van der Waals surface area contributed by atoms with Gasteiger partial charge in [-0.3, -0.25) is 4.99 Å². The number of hydrogen-bond donors (Lipinski definition) is 1. The fraction of sp³-hybridized carbons (Fsp3) is 0.0784. The summed E-state index contributed by atoms with van der Waals surface area (Å²) in [5, 5.41) is 3.57. The molecule has 2 heterocycles. The zero-order valence-electron chi connectivity index (χ0n) is 30.9. The van der Waals surface area contributed by atoms with Crippen molar-refractivity contribution in [1.82, 2.24) is 4.98 Å². The van der Waals surface area contributed by atoms with E-state index in [1.54, 1.807) is 6.08 Å². The molecule has 0 radical (unpaired) electrons. The molecule has 8 rings (SSSR count). The fourth-order valence-electron chi connectivity index (χ4n) is 7.40. The molecule has 6 aromatic rings. The van der Waals surface area contributed by atoms with Gasteiger partial charge in [-0.2, -0.15) is 0 Å². The lowest BCUT2D eigenvalue weighted by Crippen LogP contribution is -2.11. The van der Waals surface area contributed by atoms with Crippen molar-refractivity contribution in [2.45, 2.75) is 25.3 Å². The van der Waals surface area contributed by atoms with Crippen molar-refractivity contribution in [1.29, 1.82) is 0 Å². The molecule has 5 aromatic carbocycles. The molecular weight excluding hydrogens is 781 g/mol. The van der Waals surface area contributed by atoms with E-state index in [0.29, 0.717) is 11.6 Å². The van der Waals surface area contributed by atoms with Crippen LogP contribution in [-0.4, -0.2) is 20.7 Å². The van der Waals surface area contributed by atoms with Crippen molar-refractivity contribution >= 4 is 63.9 Å². The van der Waals surface area contributed by atoms with Crippen LogP contribution in [0.25, 0.3) is 55.8 Å². The number of nitrogens with two attached hydrogens (primary N) is 1. The average molecular weight is 824 g/mol. The topological polar surface area (TPSA) is 51.3 Å². The summed E-state index contributed by atoms with van der Waals surface area (Å²) in [7, 11) is 0. The van der Waals surface area contributed by atoms with Crippen LogP contribution in [0.2, 0.25) is 0 Å². The van der Waals surface area contributed by atoms with E-state index in [1.807, 2.05) is 18.2 Å². The Kier molecular flexibility index (Phi) is 10.6. The van der Waals surface area contributed by atoms with Gasteiger partial charge in [0, 0.05) is 26.1 Å². The molecule has 2 aliphatic rings. The van der Waals surface area contributed by atoms with Gasteiger partial charge in [0.05, 0.1) is 23.0 Å². The highest BCUT2D eigenvalue weighted by Gasteiger charge is 2.17. The van der Waals surface area contributed by atoms with Gasteiger partial charge in [0.2, 0.25) is 0 Å². The Morgan fingerprint density at radius 2 is 1.60 bits per heavy atom. The summed E-state index contributed by atoms with van der Waals surface area (Å²) in [5.74, 6) is 0.332. The second kappa shape index (κ2) is 16.2. The molecule has 2 N–H and O–H groups in total. The standard InChI is InChI=1S/C51H42IN3/c1-4-12-35(5-2)34(3)54-49(40-24-18-37(19-25-40)36-13-7-6-8-14-36)33-47(53)39-22-20-38(21-23-39)43-29-30-46(45-17-10-9-16-44(43)45)48-31-28-42-27-26-41-15-11-32-52-50(41)51(42)55-48/h4-18,20-34,37H,1-2,19,53H2,3H3/b35-12+,47-33-,54-49?. The Bertz CT molecular complexity index is 2670. The monoisotopic (exact) mass is 823 g/mol. The van der Waals surface area contributed by atoms with Gasteiger partial charge in [-0.25, -0.2) is 4.98 Å². The predicted octanol–water partition coefficient (Wildman–Crippen LogP) is 12.8. The van der Waals surface area contributed by atoms with E-state index in [2.05, 4.69) is 170 Å². The van der Waals surface area contributed by atoms with Crippen molar-refractivity contribution in [3.63, 3.8) is 0 Å². The second-order valence-corrected chi connectivity index (χ2v) is 16.2. The first-order chi connectivity index (χ1) is 27.0. The molecule has 0 saturated heterocycles. The summed E-state index contributed by atoms with van der Waals surface area (Å²) >= 11 is -0.206. The molecule has 1 aromatic heterocycles. The van der Waals surface area contributed by atoms with Crippen LogP contribution >= 0.6 is 20.7 Å². The highest BCUT2D eigenvalue weighted by Crippen LogP contribution is 2.37. The number of aliphatic imine (C=N–C) groups is 1. The minimum atomic E-state index is -0.206. The zero-order valence-corrected chi connectivity index (χ0v) is 33.0. The lowest BCUT2D eigenvalue weighted by Gasteiger charge is -2.18. The van der Waals surface area contributed by atoms with E-state index in [9.17, 15) is 0 Å². The molecule has 1 aliphatic heterocycles. The number of allylic oxidation sites excluding steroid dienone is 8. The minimum Gasteiger partial charge on any atom is -0.398 e. The lowest BCUT2D eigenvalue weighted by molar-refractivity contribution is 0.848. The van der Waals surface area contributed by atoms with Crippen LogP contribution in [0.4, 0.5) is 0 Å². The summed E-state index contributed by atoms with van der Waals surface area (Å²) in [6.07, 6.45) is 19.6. The third kappa shape index (κ3) is 7.56. The maximum Gasteiger partial charge on any atom is 0.0844 e. The molecule has 1 aliphatic carbocycles. The van der Waals surface area contributed by atoms with E-state index < -0.39 is 0 Å². The summed E-state index contributed by atoms with van der Waals surface area (Å²) in [6, 6.07) is 40.9. The van der Waals surface area contributed by atoms with Gasteiger partial charge in [0.15, 0.2) is 0 Å². The molecule has 0 saturated carbocycles. The molecule has 55 heavy (non-hydrogen) atoms. The van der Waals surface area contributed by atoms with Crippen molar-refractivity contribution in [3.05, 3.63) is 208 Å². The third-order valence-electron chi connectivity index (χ3n) is 10.4. The quantitative estimate of drug-likeness (QED) is 0.0850. The van der Waals surface area contributed by atoms with Crippen LogP contribution in [0.15, 0.2) is 193 Å². The first kappa shape index (κ1) is 36.0. The van der Waals surface area contributed by atoms with Crippen LogP contribution in [0.3, 0.4) is 0 Å². The number of pyridine rings is 1. The second-order valence-electron chi connectivity index (χ2n) is 13.8. The van der Waals surface area contributed by atoms with Gasteiger partial charge in [-0.1, -0.05) is 192 Å². The number of rotatable bonds is 10. The smallest absolute Gasteiger partial charge is 0.0844 e. The predicted molar refractivity (Wildman–Crippen MR) is 246 cm³/mol. The van der Waals surface area contributed by atoms with Crippen molar-refractivity contribution in [2.24, 2.45) is 10.7 Å². The van der Waals surface area contributed by atoms with E-state index in [1.165, 1.54) is 36.4 Å². The molecule has 0 bridgehead atoms. The summed E-state index contributed by atoms with van der Waals surface area (Å²) in [6.45, 7) is 9.97. The maximum absolute atomic E-state index is 6.88. The van der Waals surface area contributed by atoms with Crippen molar-refractivity contribution in [3.8, 4) is 22.4 Å². The normalized spacial score (nSPS) is 16.3. The molecular formula is C51H42IN3. The maximum atomic E-state index is 6.88. The van der Waals surface area contributed by atoms with Crippen molar-refractivity contribution in [2.75, 3.05) is 0 Å². The molecule has 0 fully saturated rings. The lowest BCUT2D eigenvalue weighted by atomic mass is 9.88. The SMILES string of the molecule is C=C/C=C(\C=C)C(C)N=C(/C=C(\N)c1ccc(-c2ccc(-c3ccc4ccc5c(c4n3)I=CC=C5)c3ccccc23)cc1)C1=CCC(c2ccccc2)C=C1. The van der Waals surface area contributed by atoms with E-state index in [0.717, 1.165) is 51.2 Å². The molecule has 2 unspecified atom stereocenters. The van der Waals surface area contributed by atoms with E-state index in [-0.39, 0.29) is 26.8 Å². The van der Waals surface area contributed by atoms with Crippen LogP contribution in [0.1, 0.15) is 36.0 Å². The van der Waals surface area contributed by atoms with Crippen LogP contribution < -0.4 is 5.73 Å².